The molecule has 0 fully saturated rings. The first-order valence-electron chi connectivity index (χ1n) is 7.47. The minimum Gasteiger partial charge on any atom is -0.347 e. The van der Waals surface area contributed by atoms with Crippen molar-refractivity contribution in [3.8, 4) is 11.3 Å². The fraction of sp³-hybridized carbons (Fsp3) is 0.167. The second kappa shape index (κ2) is 6.04. The first-order chi connectivity index (χ1) is 11.1. The molecule has 0 spiro atoms. The molecule has 0 aliphatic heterocycles. The summed E-state index contributed by atoms with van der Waals surface area (Å²) in [5.74, 6) is 0.0527. The third-order valence-corrected chi connectivity index (χ3v) is 3.66. The highest BCUT2D eigenvalue weighted by Gasteiger charge is 2.13. The molecule has 0 aliphatic carbocycles. The van der Waals surface area contributed by atoms with Crippen LogP contribution in [0.3, 0.4) is 0 Å². The number of aryl methyl sites for hydroxylation is 1. The van der Waals surface area contributed by atoms with Gasteiger partial charge >= 0.3 is 0 Å². The van der Waals surface area contributed by atoms with Crippen LogP contribution < -0.4 is 10.7 Å². The average molecular weight is 307 g/mol. The first-order valence-corrected chi connectivity index (χ1v) is 7.47. The molecule has 0 saturated heterocycles. The Morgan fingerprint density at radius 3 is 2.61 bits per heavy atom. The molecule has 5 nitrogen and oxygen atoms in total. The van der Waals surface area contributed by atoms with Crippen LogP contribution in [0.4, 0.5) is 5.82 Å². The monoisotopic (exact) mass is 307 g/mol. The zero-order valence-electron chi connectivity index (χ0n) is 13.0. The summed E-state index contributed by atoms with van der Waals surface area (Å²) in [6.07, 6.45) is 1.76. The van der Waals surface area contributed by atoms with Crippen molar-refractivity contribution in [2.75, 3.05) is 5.32 Å². The van der Waals surface area contributed by atoms with Gasteiger partial charge in [-0.05, 0) is 13.0 Å². The Morgan fingerprint density at radius 1 is 1.22 bits per heavy atom. The lowest BCUT2D eigenvalue weighted by molar-refractivity contribution is -0.114. The standard InChI is InChI=1S/C18H17N3O2/c1-3-21-10-9-16(23)17-15(21)11-14(13-7-5-4-6-8-13)20-18(17)19-12(2)22/h4-11H,3H2,1-2H3,(H,19,20,22). The Balaban J connectivity index is 2.37. The number of anilines is 1. The quantitative estimate of drug-likeness (QED) is 0.809. The molecular weight excluding hydrogens is 290 g/mol. The Labute approximate surface area is 133 Å². The number of hydrogen-bond donors (Lipinski definition) is 1. The van der Waals surface area contributed by atoms with Crippen LogP contribution >= 0.6 is 0 Å². The predicted octanol–water partition coefficient (Wildman–Crippen LogP) is 3.04. The van der Waals surface area contributed by atoms with Gasteiger partial charge in [0.25, 0.3) is 0 Å². The number of nitrogens with one attached hydrogen (secondary N) is 1. The highest BCUT2D eigenvalue weighted by molar-refractivity contribution is 5.99. The fourth-order valence-electron chi connectivity index (χ4n) is 2.61. The predicted molar refractivity (Wildman–Crippen MR) is 91.4 cm³/mol. The third kappa shape index (κ3) is 2.85. The molecule has 23 heavy (non-hydrogen) atoms. The van der Waals surface area contributed by atoms with E-state index >= 15 is 0 Å². The lowest BCUT2D eigenvalue weighted by atomic mass is 10.1. The van der Waals surface area contributed by atoms with Gasteiger partial charge in [0.05, 0.1) is 16.6 Å². The average Bonchev–Trinajstić information content (AvgIpc) is 2.55. The molecule has 5 heteroatoms. The Bertz CT molecular complexity index is 930. The van der Waals surface area contributed by atoms with Crippen molar-refractivity contribution in [2.45, 2.75) is 20.4 Å². The molecule has 3 aromatic rings. The van der Waals surface area contributed by atoms with Crippen LogP contribution in [0.5, 0.6) is 0 Å². The molecule has 0 unspecified atom stereocenters. The number of benzene rings is 1. The largest absolute Gasteiger partial charge is 0.347 e. The van der Waals surface area contributed by atoms with Gasteiger partial charge in [-0.3, -0.25) is 9.59 Å². The molecule has 0 bridgehead atoms. The summed E-state index contributed by atoms with van der Waals surface area (Å²) < 4.78 is 1.97. The highest BCUT2D eigenvalue weighted by atomic mass is 16.1. The zero-order chi connectivity index (χ0) is 16.4. The zero-order valence-corrected chi connectivity index (χ0v) is 13.0. The van der Waals surface area contributed by atoms with Gasteiger partial charge < -0.3 is 9.88 Å². The van der Waals surface area contributed by atoms with Crippen molar-refractivity contribution in [1.82, 2.24) is 9.55 Å². The van der Waals surface area contributed by atoms with Crippen LogP contribution in [0.15, 0.2) is 53.5 Å². The van der Waals surface area contributed by atoms with E-state index in [9.17, 15) is 9.59 Å². The fourth-order valence-corrected chi connectivity index (χ4v) is 2.61. The summed E-state index contributed by atoms with van der Waals surface area (Å²) in [7, 11) is 0. The molecule has 116 valence electrons. The van der Waals surface area contributed by atoms with Gasteiger partial charge in [0.2, 0.25) is 5.91 Å². The van der Waals surface area contributed by atoms with Gasteiger partial charge in [0.15, 0.2) is 5.43 Å². The molecule has 3 rings (SSSR count). The van der Waals surface area contributed by atoms with Crippen molar-refractivity contribution >= 4 is 22.6 Å². The SMILES string of the molecule is CCn1ccc(=O)c2c(NC(C)=O)nc(-c3ccccc3)cc21. The Hall–Kier alpha value is -2.95. The molecular formula is C18H17N3O2. The van der Waals surface area contributed by atoms with Gasteiger partial charge in [-0.1, -0.05) is 30.3 Å². The number of aromatic nitrogens is 2. The minimum absolute atomic E-state index is 0.152. The van der Waals surface area contributed by atoms with E-state index < -0.39 is 0 Å². The second-order valence-corrected chi connectivity index (χ2v) is 5.26. The molecule has 1 N–H and O–H groups in total. The summed E-state index contributed by atoms with van der Waals surface area (Å²) >= 11 is 0. The Morgan fingerprint density at radius 2 is 1.96 bits per heavy atom. The van der Waals surface area contributed by atoms with E-state index in [1.807, 2.05) is 47.9 Å². The van der Waals surface area contributed by atoms with E-state index in [1.54, 1.807) is 6.20 Å². The van der Waals surface area contributed by atoms with Gasteiger partial charge in [-0.25, -0.2) is 4.98 Å². The topological polar surface area (TPSA) is 64.0 Å². The maximum absolute atomic E-state index is 12.3. The minimum atomic E-state index is -0.254. The van der Waals surface area contributed by atoms with E-state index in [4.69, 9.17) is 0 Å². The smallest absolute Gasteiger partial charge is 0.222 e. The number of rotatable bonds is 3. The summed E-state index contributed by atoms with van der Waals surface area (Å²) in [4.78, 5) is 28.3. The van der Waals surface area contributed by atoms with E-state index in [0.717, 1.165) is 16.8 Å². The summed E-state index contributed by atoms with van der Waals surface area (Å²) in [5, 5.41) is 3.12. The van der Waals surface area contributed by atoms with Crippen LogP contribution in [-0.4, -0.2) is 15.5 Å². The van der Waals surface area contributed by atoms with Crippen molar-refractivity contribution in [3.05, 3.63) is 58.9 Å². The van der Waals surface area contributed by atoms with Gasteiger partial charge in [-0.15, -0.1) is 0 Å². The number of amides is 1. The van der Waals surface area contributed by atoms with Crippen molar-refractivity contribution in [2.24, 2.45) is 0 Å². The molecule has 2 heterocycles. The normalized spacial score (nSPS) is 10.7. The van der Waals surface area contributed by atoms with Crippen LogP contribution in [0.2, 0.25) is 0 Å². The number of carbonyl (C=O) groups excluding carboxylic acids is 1. The number of hydrogen-bond acceptors (Lipinski definition) is 3. The second-order valence-electron chi connectivity index (χ2n) is 5.26. The number of carbonyl (C=O) groups is 1. The van der Waals surface area contributed by atoms with Gasteiger partial charge in [-0.2, -0.15) is 0 Å². The third-order valence-electron chi connectivity index (χ3n) is 3.66. The number of nitrogens with zero attached hydrogens (tertiary/aromatic N) is 2. The van der Waals surface area contributed by atoms with E-state index in [-0.39, 0.29) is 11.3 Å². The highest BCUT2D eigenvalue weighted by Crippen LogP contribution is 2.26. The molecule has 0 atom stereocenters. The summed E-state index contributed by atoms with van der Waals surface area (Å²) in [6.45, 7) is 4.13. The molecule has 1 amide bonds. The molecule has 0 saturated carbocycles. The summed E-state index contributed by atoms with van der Waals surface area (Å²) in [5.41, 5.74) is 2.26. The molecule has 1 aromatic carbocycles. The lowest BCUT2D eigenvalue weighted by Gasteiger charge is -2.13. The van der Waals surface area contributed by atoms with Crippen LogP contribution in [0.1, 0.15) is 13.8 Å². The number of fused-ring (bicyclic) bond motifs is 1. The Kier molecular flexibility index (Phi) is 3.93. The van der Waals surface area contributed by atoms with E-state index in [2.05, 4.69) is 10.3 Å². The van der Waals surface area contributed by atoms with Crippen molar-refractivity contribution < 1.29 is 4.79 Å². The van der Waals surface area contributed by atoms with Crippen molar-refractivity contribution in [1.29, 1.82) is 0 Å². The number of pyridine rings is 2. The molecule has 0 radical (unpaired) electrons. The van der Waals surface area contributed by atoms with Gasteiger partial charge in [0, 0.05) is 31.3 Å². The maximum atomic E-state index is 12.3. The van der Waals surface area contributed by atoms with Crippen LogP contribution in [0, 0.1) is 0 Å². The summed E-state index contributed by atoms with van der Waals surface area (Å²) in [6, 6.07) is 13.1. The van der Waals surface area contributed by atoms with Crippen LogP contribution in [-0.2, 0) is 11.3 Å². The van der Waals surface area contributed by atoms with Crippen LogP contribution in [0.25, 0.3) is 22.2 Å². The lowest BCUT2D eigenvalue weighted by Crippen LogP contribution is -2.15. The van der Waals surface area contributed by atoms with Crippen molar-refractivity contribution in [3.63, 3.8) is 0 Å². The van der Waals surface area contributed by atoms with Gasteiger partial charge in [0.1, 0.15) is 5.82 Å². The van der Waals surface area contributed by atoms with E-state index in [1.165, 1.54) is 13.0 Å². The van der Waals surface area contributed by atoms with E-state index in [0.29, 0.717) is 17.7 Å². The molecule has 2 aromatic heterocycles. The maximum Gasteiger partial charge on any atom is 0.222 e. The first kappa shape index (κ1) is 15.0. The molecule has 0 aliphatic rings.